The number of methoxy groups -OCH3 is 3. The zero-order valence-electron chi connectivity index (χ0n) is 14.6. The molecule has 0 aliphatic heterocycles. The van der Waals surface area contributed by atoms with Gasteiger partial charge in [0.1, 0.15) is 5.69 Å². The third-order valence-electron chi connectivity index (χ3n) is 3.35. The summed E-state index contributed by atoms with van der Waals surface area (Å²) in [6.07, 6.45) is 0. The predicted octanol–water partition coefficient (Wildman–Crippen LogP) is 2.38. The fraction of sp³-hybridized carbons (Fsp3) is 0.333. The van der Waals surface area contributed by atoms with Crippen LogP contribution in [0.1, 0.15) is 5.69 Å². The average molecular weight is 382 g/mol. The maximum absolute atomic E-state index is 12.2. The molecule has 0 saturated heterocycles. The van der Waals surface area contributed by atoms with E-state index in [1.54, 1.807) is 19.1 Å². The summed E-state index contributed by atoms with van der Waals surface area (Å²) in [6.45, 7) is 1.55. The minimum absolute atomic E-state index is 0.0538. The Kier molecular flexibility index (Phi) is 6.28. The molecule has 11 heteroatoms. The van der Waals surface area contributed by atoms with Gasteiger partial charge in [-0.25, -0.2) is 0 Å². The van der Waals surface area contributed by atoms with E-state index in [1.165, 1.54) is 21.3 Å². The maximum Gasteiger partial charge on any atom is 0.323 e. The molecule has 140 valence electrons. The lowest BCUT2D eigenvalue weighted by Gasteiger charge is -2.14. The van der Waals surface area contributed by atoms with Crippen LogP contribution in [-0.2, 0) is 4.79 Å². The molecule has 0 bridgehead atoms. The van der Waals surface area contributed by atoms with Gasteiger partial charge < -0.3 is 19.5 Å². The summed E-state index contributed by atoms with van der Waals surface area (Å²) in [5, 5.41) is 20.3. The van der Waals surface area contributed by atoms with Crippen molar-refractivity contribution in [3.63, 3.8) is 0 Å². The van der Waals surface area contributed by atoms with Gasteiger partial charge in [0.05, 0.1) is 32.0 Å². The first-order chi connectivity index (χ1) is 12.4. The van der Waals surface area contributed by atoms with E-state index in [4.69, 9.17) is 14.2 Å². The van der Waals surface area contributed by atoms with E-state index in [1.807, 2.05) is 0 Å². The Labute approximate surface area is 153 Å². The summed E-state index contributed by atoms with van der Waals surface area (Å²) in [6, 6.07) is 3.18. The number of anilines is 1. The van der Waals surface area contributed by atoms with Crippen molar-refractivity contribution in [1.29, 1.82) is 0 Å². The van der Waals surface area contributed by atoms with E-state index in [-0.39, 0.29) is 22.4 Å². The third kappa shape index (κ3) is 4.17. The van der Waals surface area contributed by atoms with Gasteiger partial charge in [-0.15, -0.1) is 0 Å². The standard InChI is InChI=1S/C15H18N4O6S/c1-8-13(19(21)22)15(18-17-8)26-7-12(20)16-9-5-10(23-2)14(25-4)11(6-9)24-3/h5-6H,7H2,1-4H3,(H,16,20)(H,17,18). The number of aromatic amines is 1. The van der Waals surface area contributed by atoms with Crippen LogP contribution in [0.15, 0.2) is 17.2 Å². The number of benzene rings is 1. The van der Waals surface area contributed by atoms with Gasteiger partial charge in [-0.3, -0.25) is 20.0 Å². The molecule has 1 heterocycles. The minimum Gasteiger partial charge on any atom is -0.493 e. The molecular weight excluding hydrogens is 364 g/mol. The first-order valence-electron chi connectivity index (χ1n) is 7.33. The second kappa shape index (κ2) is 8.43. The molecule has 0 fully saturated rings. The lowest BCUT2D eigenvalue weighted by molar-refractivity contribution is -0.388. The Morgan fingerprint density at radius 3 is 2.38 bits per heavy atom. The zero-order chi connectivity index (χ0) is 19.3. The molecule has 2 aromatic rings. The van der Waals surface area contributed by atoms with Gasteiger partial charge in [0, 0.05) is 17.8 Å². The molecule has 0 aliphatic rings. The molecule has 26 heavy (non-hydrogen) atoms. The summed E-state index contributed by atoms with van der Waals surface area (Å²) in [7, 11) is 4.42. The van der Waals surface area contributed by atoms with E-state index < -0.39 is 4.92 Å². The summed E-state index contributed by atoms with van der Waals surface area (Å²) >= 11 is 0.968. The molecular formula is C15H18N4O6S. The predicted molar refractivity (Wildman–Crippen MR) is 95.4 cm³/mol. The smallest absolute Gasteiger partial charge is 0.323 e. The van der Waals surface area contributed by atoms with E-state index >= 15 is 0 Å². The number of rotatable bonds is 8. The fourth-order valence-electron chi connectivity index (χ4n) is 2.20. The molecule has 10 nitrogen and oxygen atoms in total. The third-order valence-corrected chi connectivity index (χ3v) is 4.32. The number of aryl methyl sites for hydroxylation is 1. The van der Waals surface area contributed by atoms with Crippen molar-refractivity contribution in [2.45, 2.75) is 11.9 Å². The molecule has 1 aromatic carbocycles. The molecule has 2 rings (SSSR count). The van der Waals surface area contributed by atoms with E-state index in [0.29, 0.717) is 28.6 Å². The topological polar surface area (TPSA) is 129 Å². The van der Waals surface area contributed by atoms with Crippen LogP contribution in [0.2, 0.25) is 0 Å². The van der Waals surface area contributed by atoms with Crippen LogP contribution in [0.4, 0.5) is 11.4 Å². The minimum atomic E-state index is -0.529. The largest absolute Gasteiger partial charge is 0.493 e. The van der Waals surface area contributed by atoms with Gasteiger partial charge in [-0.1, -0.05) is 11.8 Å². The molecule has 0 radical (unpaired) electrons. The highest BCUT2D eigenvalue weighted by atomic mass is 32.2. The van der Waals surface area contributed by atoms with Crippen LogP contribution in [0.5, 0.6) is 17.2 Å². The summed E-state index contributed by atoms with van der Waals surface area (Å²) in [5.74, 6) is 0.785. The van der Waals surface area contributed by atoms with Crippen LogP contribution in [0.25, 0.3) is 0 Å². The Morgan fingerprint density at radius 1 is 1.27 bits per heavy atom. The molecule has 0 aliphatic carbocycles. The highest BCUT2D eigenvalue weighted by Crippen LogP contribution is 2.40. The Balaban J connectivity index is 2.10. The van der Waals surface area contributed by atoms with Crippen molar-refractivity contribution in [1.82, 2.24) is 10.2 Å². The van der Waals surface area contributed by atoms with Crippen molar-refractivity contribution in [3.05, 3.63) is 27.9 Å². The Bertz CT molecular complexity index is 797. The molecule has 0 saturated carbocycles. The second-order valence-corrected chi connectivity index (χ2v) is 5.97. The average Bonchev–Trinajstić information content (AvgIpc) is 2.99. The summed E-state index contributed by atoms with van der Waals surface area (Å²) in [4.78, 5) is 22.7. The maximum atomic E-state index is 12.2. The number of aromatic nitrogens is 2. The first kappa shape index (κ1) is 19.4. The monoisotopic (exact) mass is 382 g/mol. The molecule has 0 atom stereocenters. The van der Waals surface area contributed by atoms with Crippen molar-refractivity contribution < 1.29 is 23.9 Å². The lowest BCUT2D eigenvalue weighted by Crippen LogP contribution is -2.14. The van der Waals surface area contributed by atoms with Crippen LogP contribution in [-0.4, -0.2) is 48.1 Å². The molecule has 0 spiro atoms. The zero-order valence-corrected chi connectivity index (χ0v) is 15.4. The number of hydrogen-bond donors (Lipinski definition) is 2. The molecule has 0 unspecified atom stereocenters. The molecule has 2 N–H and O–H groups in total. The van der Waals surface area contributed by atoms with E-state index in [2.05, 4.69) is 15.5 Å². The van der Waals surface area contributed by atoms with Gasteiger partial charge in [0.15, 0.2) is 16.5 Å². The normalized spacial score (nSPS) is 10.3. The summed E-state index contributed by atoms with van der Waals surface area (Å²) < 4.78 is 15.7. The first-order valence-corrected chi connectivity index (χ1v) is 8.31. The highest BCUT2D eigenvalue weighted by molar-refractivity contribution is 8.00. The van der Waals surface area contributed by atoms with E-state index in [0.717, 1.165) is 11.8 Å². The second-order valence-electron chi connectivity index (χ2n) is 5.01. The van der Waals surface area contributed by atoms with Crippen molar-refractivity contribution in [2.24, 2.45) is 0 Å². The number of nitro groups is 1. The van der Waals surface area contributed by atoms with E-state index in [9.17, 15) is 14.9 Å². The lowest BCUT2D eigenvalue weighted by atomic mass is 10.2. The number of ether oxygens (including phenoxy) is 3. The number of carbonyl (C=O) groups is 1. The summed E-state index contributed by atoms with van der Waals surface area (Å²) in [5.41, 5.74) is 0.649. The quantitative estimate of drug-likeness (QED) is 0.404. The van der Waals surface area contributed by atoms with Gasteiger partial charge in [-0.2, -0.15) is 5.10 Å². The van der Waals surface area contributed by atoms with Gasteiger partial charge >= 0.3 is 5.69 Å². The molecule has 1 amide bonds. The highest BCUT2D eigenvalue weighted by Gasteiger charge is 2.22. The van der Waals surface area contributed by atoms with Crippen LogP contribution in [0.3, 0.4) is 0 Å². The number of hydrogen-bond acceptors (Lipinski definition) is 8. The van der Waals surface area contributed by atoms with Gasteiger partial charge in [0.2, 0.25) is 11.7 Å². The van der Waals surface area contributed by atoms with Crippen molar-refractivity contribution in [2.75, 3.05) is 32.4 Å². The van der Waals surface area contributed by atoms with Crippen LogP contribution in [0, 0.1) is 17.0 Å². The fourth-order valence-corrected chi connectivity index (χ4v) is 3.02. The van der Waals surface area contributed by atoms with Crippen molar-refractivity contribution >= 4 is 29.0 Å². The Hall–Kier alpha value is -2.95. The number of thioether (sulfide) groups is 1. The SMILES string of the molecule is COc1cc(NC(=O)CSc2n[nH]c(C)c2[N+](=O)[O-])cc(OC)c1OC. The number of H-pyrrole nitrogens is 1. The molecule has 1 aromatic heterocycles. The number of nitrogens with one attached hydrogen (secondary N) is 2. The number of carbonyl (C=O) groups excluding carboxylic acids is 1. The van der Waals surface area contributed by atoms with Crippen molar-refractivity contribution in [3.8, 4) is 17.2 Å². The van der Waals surface area contributed by atoms with Gasteiger partial charge in [0.25, 0.3) is 0 Å². The number of nitrogens with zero attached hydrogens (tertiary/aromatic N) is 2. The Morgan fingerprint density at radius 2 is 1.88 bits per heavy atom. The van der Waals surface area contributed by atoms with Crippen LogP contribution < -0.4 is 19.5 Å². The number of amides is 1. The van der Waals surface area contributed by atoms with Gasteiger partial charge in [-0.05, 0) is 6.92 Å². The van der Waals surface area contributed by atoms with Crippen LogP contribution >= 0.6 is 11.8 Å².